The molecule has 5 nitrogen and oxygen atoms in total. The Bertz CT molecular complexity index is 1100. The fourth-order valence-electron chi connectivity index (χ4n) is 3.10. The summed E-state index contributed by atoms with van der Waals surface area (Å²) in [5, 5.41) is 3.80. The van der Waals surface area contributed by atoms with E-state index < -0.39 is 9.84 Å². The summed E-state index contributed by atoms with van der Waals surface area (Å²) >= 11 is 3.53. The van der Waals surface area contributed by atoms with Gasteiger partial charge in [-0.05, 0) is 48.1 Å². The smallest absolute Gasteiger partial charge is 0.258 e. The van der Waals surface area contributed by atoms with Crippen LogP contribution in [0.25, 0.3) is 5.00 Å². The Morgan fingerprint density at radius 2 is 1.96 bits per heavy atom. The predicted octanol–water partition coefficient (Wildman–Crippen LogP) is 3.98. The van der Waals surface area contributed by atoms with Crippen LogP contribution >= 0.6 is 23.1 Å². The van der Waals surface area contributed by atoms with E-state index in [9.17, 15) is 13.2 Å². The summed E-state index contributed by atoms with van der Waals surface area (Å²) < 4.78 is 25.5. The molecule has 0 saturated heterocycles. The van der Waals surface area contributed by atoms with Gasteiger partial charge in [0.1, 0.15) is 5.00 Å². The molecule has 0 atom stereocenters. The number of nitrogens with zero attached hydrogens (tertiary/aromatic N) is 1. The number of hydrogen-bond acceptors (Lipinski definition) is 5. The van der Waals surface area contributed by atoms with Crippen molar-refractivity contribution >= 4 is 44.5 Å². The van der Waals surface area contributed by atoms with Gasteiger partial charge in [0.25, 0.3) is 5.91 Å². The van der Waals surface area contributed by atoms with E-state index >= 15 is 0 Å². The summed E-state index contributed by atoms with van der Waals surface area (Å²) in [5.41, 5.74) is 2.28. The second-order valence-electron chi connectivity index (χ2n) is 6.33. The van der Waals surface area contributed by atoms with Crippen molar-refractivity contribution in [1.29, 1.82) is 0 Å². The van der Waals surface area contributed by atoms with Crippen molar-refractivity contribution in [3.05, 3.63) is 64.8 Å². The molecule has 1 N–H and O–H groups in total. The van der Waals surface area contributed by atoms with Crippen molar-refractivity contribution in [2.24, 2.45) is 0 Å². The lowest BCUT2D eigenvalue weighted by atomic mass is 10.1. The number of thioether (sulfide) groups is 1. The third-order valence-corrected chi connectivity index (χ3v) is 7.91. The van der Waals surface area contributed by atoms with Crippen LogP contribution in [0.15, 0.2) is 53.7 Å². The van der Waals surface area contributed by atoms with Gasteiger partial charge in [-0.1, -0.05) is 6.07 Å². The number of fused-ring (bicyclic) bond motifs is 1. The molecule has 0 spiro atoms. The monoisotopic (exact) mass is 418 g/mol. The topological polar surface area (TPSA) is 68.2 Å². The number of rotatable bonds is 4. The normalized spacial score (nSPS) is 14.0. The zero-order valence-corrected chi connectivity index (χ0v) is 17.1. The molecule has 1 aliphatic heterocycles. The summed E-state index contributed by atoms with van der Waals surface area (Å²) in [5.74, 6) is 1.72. The number of anilines is 1. The third kappa shape index (κ3) is 3.69. The molecule has 1 aliphatic rings. The zero-order chi connectivity index (χ0) is 19.0. The molecule has 140 valence electrons. The number of amides is 1. The van der Waals surface area contributed by atoms with E-state index in [4.69, 9.17) is 0 Å². The average Bonchev–Trinajstić information content (AvgIpc) is 3.28. The third-order valence-electron chi connectivity index (χ3n) is 4.39. The van der Waals surface area contributed by atoms with Crippen molar-refractivity contribution in [2.75, 3.05) is 17.3 Å². The van der Waals surface area contributed by atoms with Gasteiger partial charge in [-0.25, -0.2) is 8.42 Å². The number of nitrogens with one attached hydrogen (secondary N) is 1. The second-order valence-corrected chi connectivity index (χ2v) is 10.5. The maximum absolute atomic E-state index is 13.2. The lowest BCUT2D eigenvalue weighted by Gasteiger charge is -2.13. The minimum atomic E-state index is -3.33. The van der Waals surface area contributed by atoms with Gasteiger partial charge >= 0.3 is 0 Å². The number of benzene rings is 1. The molecule has 27 heavy (non-hydrogen) atoms. The Morgan fingerprint density at radius 3 is 2.70 bits per heavy atom. The number of carbonyl (C=O) groups is 1. The molecule has 0 saturated carbocycles. The Balaban J connectivity index is 1.73. The lowest BCUT2D eigenvalue weighted by molar-refractivity contribution is 0.102. The highest BCUT2D eigenvalue weighted by atomic mass is 32.2. The summed E-state index contributed by atoms with van der Waals surface area (Å²) in [7, 11) is -3.33. The molecule has 0 radical (unpaired) electrons. The van der Waals surface area contributed by atoms with Crippen LogP contribution in [0.1, 0.15) is 20.8 Å². The maximum atomic E-state index is 13.2. The van der Waals surface area contributed by atoms with E-state index in [-0.39, 0.29) is 10.8 Å². The molecule has 1 aromatic carbocycles. The molecule has 0 bridgehead atoms. The van der Waals surface area contributed by atoms with Gasteiger partial charge < -0.3 is 9.88 Å². The number of thiophene rings is 1. The van der Waals surface area contributed by atoms with E-state index in [1.165, 1.54) is 17.0 Å². The first kappa shape index (κ1) is 18.3. The van der Waals surface area contributed by atoms with Gasteiger partial charge in [0.05, 0.1) is 10.5 Å². The van der Waals surface area contributed by atoms with Crippen LogP contribution in [0, 0.1) is 0 Å². The minimum absolute atomic E-state index is 0.190. The minimum Gasteiger partial charge on any atom is -0.322 e. The van der Waals surface area contributed by atoms with Gasteiger partial charge in [-0.2, -0.15) is 11.8 Å². The van der Waals surface area contributed by atoms with E-state index in [0.717, 1.165) is 34.7 Å². The van der Waals surface area contributed by atoms with Crippen LogP contribution in [0.2, 0.25) is 0 Å². The highest BCUT2D eigenvalue weighted by Gasteiger charge is 2.26. The first-order chi connectivity index (χ1) is 12.9. The Kier molecular flexibility index (Phi) is 4.88. The molecule has 1 amide bonds. The van der Waals surface area contributed by atoms with Gasteiger partial charge in [-0.15, -0.1) is 11.3 Å². The first-order valence-electron chi connectivity index (χ1n) is 8.40. The molecule has 0 aliphatic carbocycles. The van der Waals surface area contributed by atoms with Crippen LogP contribution in [0.3, 0.4) is 0 Å². The van der Waals surface area contributed by atoms with E-state index in [2.05, 4.69) is 5.32 Å². The fraction of sp³-hybridized carbons (Fsp3) is 0.211. The number of carbonyl (C=O) groups excluding carboxylic acids is 1. The molecule has 8 heteroatoms. The number of aromatic nitrogens is 1. The molecular formula is C19H18N2O3S3. The quantitative estimate of drug-likeness (QED) is 0.696. The van der Waals surface area contributed by atoms with Crippen molar-refractivity contribution < 1.29 is 13.2 Å². The summed E-state index contributed by atoms with van der Waals surface area (Å²) in [6, 6.07) is 10.2. The van der Waals surface area contributed by atoms with Crippen molar-refractivity contribution in [3.63, 3.8) is 0 Å². The maximum Gasteiger partial charge on any atom is 0.258 e. The van der Waals surface area contributed by atoms with Crippen LogP contribution in [-0.4, -0.2) is 30.9 Å². The fourth-order valence-corrected chi connectivity index (χ4v) is 6.21. The van der Waals surface area contributed by atoms with Crippen molar-refractivity contribution in [1.82, 2.24) is 4.57 Å². The summed E-state index contributed by atoms with van der Waals surface area (Å²) in [4.78, 5) is 14.6. The molecule has 0 unspecified atom stereocenters. The number of hydrogen-bond donors (Lipinski definition) is 1. The van der Waals surface area contributed by atoms with Crippen molar-refractivity contribution in [3.8, 4) is 5.00 Å². The van der Waals surface area contributed by atoms with Crippen LogP contribution < -0.4 is 5.32 Å². The molecule has 4 rings (SSSR count). The Morgan fingerprint density at radius 1 is 1.19 bits per heavy atom. The van der Waals surface area contributed by atoms with E-state index in [1.54, 1.807) is 23.5 Å². The van der Waals surface area contributed by atoms with Gasteiger partial charge in [0.15, 0.2) is 9.84 Å². The number of sulfone groups is 1. The van der Waals surface area contributed by atoms with Crippen molar-refractivity contribution in [2.45, 2.75) is 17.1 Å². The SMILES string of the molecule is CS(=O)(=O)c1cccc(NC(=O)c2c(-n3cccc3)sc3c2CCSC3)c1. The summed E-state index contributed by atoms with van der Waals surface area (Å²) in [6.07, 6.45) is 5.89. The molecule has 3 aromatic rings. The molecule has 3 heterocycles. The van der Waals surface area contributed by atoms with Crippen LogP contribution in [0.4, 0.5) is 5.69 Å². The van der Waals surface area contributed by atoms with Gasteiger partial charge in [0, 0.05) is 35.0 Å². The van der Waals surface area contributed by atoms with E-state index in [0.29, 0.717) is 11.3 Å². The standard InChI is InChI=1S/C19H18N2O3S3/c1-27(23,24)14-6-4-5-13(11-14)20-18(22)17-15-7-10-25-12-16(15)26-19(17)21-8-2-3-9-21/h2-6,8-9,11H,7,10,12H2,1H3,(H,20,22). The predicted molar refractivity (Wildman–Crippen MR) is 111 cm³/mol. The Hall–Kier alpha value is -2.03. The molecule has 2 aromatic heterocycles. The van der Waals surface area contributed by atoms with Gasteiger partial charge in [-0.3, -0.25) is 4.79 Å². The highest BCUT2D eigenvalue weighted by Crippen LogP contribution is 2.38. The first-order valence-corrected chi connectivity index (χ1v) is 12.3. The summed E-state index contributed by atoms with van der Waals surface area (Å²) in [6.45, 7) is 0. The largest absolute Gasteiger partial charge is 0.322 e. The van der Waals surface area contributed by atoms with Crippen LogP contribution in [-0.2, 0) is 22.0 Å². The van der Waals surface area contributed by atoms with Crippen LogP contribution in [0.5, 0.6) is 0 Å². The zero-order valence-electron chi connectivity index (χ0n) is 14.6. The highest BCUT2D eigenvalue weighted by molar-refractivity contribution is 7.98. The van der Waals surface area contributed by atoms with E-state index in [1.807, 2.05) is 40.9 Å². The molecular weight excluding hydrogens is 400 g/mol. The lowest BCUT2D eigenvalue weighted by Crippen LogP contribution is -2.17. The average molecular weight is 419 g/mol. The Labute approximate surface area is 166 Å². The second kappa shape index (κ2) is 7.18. The van der Waals surface area contributed by atoms with Gasteiger partial charge in [0.2, 0.25) is 0 Å². The molecule has 0 fully saturated rings.